The van der Waals surface area contributed by atoms with Gasteiger partial charge in [-0.1, -0.05) is 158 Å². The first-order valence-electron chi connectivity index (χ1n) is 22.1. The molecule has 0 aliphatic carbocycles. The zero-order chi connectivity index (χ0) is 43.6. The summed E-state index contributed by atoms with van der Waals surface area (Å²) < 4.78 is 99.4. The summed E-state index contributed by atoms with van der Waals surface area (Å²) in [7, 11) is 0. The van der Waals surface area contributed by atoms with Crippen molar-refractivity contribution in [3.05, 3.63) is 212 Å². The summed E-state index contributed by atoms with van der Waals surface area (Å²) in [6.07, 6.45) is 0. The minimum absolute atomic E-state index is 0.0421. The monoisotopic (exact) mass is 660 g/mol. The molecule has 0 amide bonds. The molecule has 9 rings (SSSR count). The van der Waals surface area contributed by atoms with Crippen LogP contribution in [-0.4, -0.2) is 0 Å². The zero-order valence-corrected chi connectivity index (χ0v) is 27.3. The number of hydrogen-bond acceptors (Lipinski definition) is 1. The van der Waals surface area contributed by atoms with E-state index in [1.165, 1.54) is 4.90 Å². The first-order chi connectivity index (χ1) is 29.8. The normalized spacial score (nSPS) is 14.2. The van der Waals surface area contributed by atoms with Gasteiger partial charge in [-0.15, -0.1) is 0 Å². The van der Waals surface area contributed by atoms with Gasteiger partial charge in [-0.3, -0.25) is 0 Å². The molecule has 1 heteroatoms. The van der Waals surface area contributed by atoms with E-state index >= 15 is 0 Å². The standard InChI is InChI=1S/C50H35N/c1-3-13-36(14-4-1)44-32-45(37-15-5-2-6-16-37)34-46(33-44)39-27-29-47(30-28-39)51(50-24-12-20-40-18-9-10-23-49(40)50)48-22-11-21-42(35-48)43-26-25-38-17-7-8-19-41(38)31-43/h1-35H/i9D,10D,11D,12D,18D,20D,21D,22D,23D,24D,35D. The van der Waals surface area contributed by atoms with Crippen LogP contribution in [-0.2, 0) is 0 Å². The van der Waals surface area contributed by atoms with Gasteiger partial charge in [0.05, 0.1) is 20.8 Å². The molecule has 0 spiro atoms. The molecule has 0 atom stereocenters. The lowest BCUT2D eigenvalue weighted by Crippen LogP contribution is -2.10. The first kappa shape index (κ1) is 20.7. The maximum Gasteiger partial charge on any atom is 0.0651 e. The molecule has 0 saturated heterocycles. The molecule has 240 valence electrons. The van der Waals surface area contributed by atoms with Gasteiger partial charge in [0.1, 0.15) is 0 Å². The van der Waals surface area contributed by atoms with Gasteiger partial charge in [-0.25, -0.2) is 0 Å². The topological polar surface area (TPSA) is 3.24 Å². The largest absolute Gasteiger partial charge is 0.310 e. The van der Waals surface area contributed by atoms with Gasteiger partial charge in [0, 0.05) is 16.8 Å². The fourth-order valence-corrected chi connectivity index (χ4v) is 6.46. The van der Waals surface area contributed by atoms with Gasteiger partial charge in [0.2, 0.25) is 0 Å². The molecule has 51 heavy (non-hydrogen) atoms. The molecule has 0 radical (unpaired) electrons. The summed E-state index contributed by atoms with van der Waals surface area (Å²) in [5, 5.41) is 1.20. The van der Waals surface area contributed by atoms with Crippen LogP contribution in [0, 0.1) is 0 Å². The Kier molecular flexibility index (Phi) is 5.41. The van der Waals surface area contributed by atoms with Crippen molar-refractivity contribution >= 4 is 38.6 Å². The van der Waals surface area contributed by atoms with E-state index in [4.69, 9.17) is 11.0 Å². The van der Waals surface area contributed by atoms with Crippen LogP contribution >= 0.6 is 0 Å². The highest BCUT2D eigenvalue weighted by Crippen LogP contribution is 2.41. The Morgan fingerprint density at radius 2 is 0.902 bits per heavy atom. The van der Waals surface area contributed by atoms with Gasteiger partial charge in [-0.2, -0.15) is 0 Å². The molecule has 0 unspecified atom stereocenters. The van der Waals surface area contributed by atoms with Gasteiger partial charge in [-0.05, 0) is 115 Å². The molecule has 0 aliphatic rings. The molecule has 9 aromatic rings. The number of fused-ring (bicyclic) bond motifs is 2. The van der Waals surface area contributed by atoms with Crippen LogP contribution in [0.25, 0.3) is 66.1 Å². The van der Waals surface area contributed by atoms with Crippen molar-refractivity contribution in [2.45, 2.75) is 0 Å². The lowest BCUT2D eigenvalue weighted by atomic mass is 9.93. The van der Waals surface area contributed by atoms with Crippen molar-refractivity contribution in [3.63, 3.8) is 0 Å². The highest BCUT2D eigenvalue weighted by molar-refractivity contribution is 5.99. The number of benzene rings is 9. The van der Waals surface area contributed by atoms with Crippen LogP contribution in [0.2, 0.25) is 0 Å². The molecule has 0 aromatic heterocycles. The highest BCUT2D eigenvalue weighted by Gasteiger charge is 2.17. The van der Waals surface area contributed by atoms with Gasteiger partial charge in [0.15, 0.2) is 0 Å². The van der Waals surface area contributed by atoms with Crippen LogP contribution in [0.1, 0.15) is 15.1 Å². The third-order valence-corrected chi connectivity index (χ3v) is 9.00. The van der Waals surface area contributed by atoms with E-state index in [1.807, 2.05) is 103 Å². The molecule has 0 heterocycles. The highest BCUT2D eigenvalue weighted by atomic mass is 15.1. The van der Waals surface area contributed by atoms with Crippen molar-refractivity contribution < 1.29 is 15.1 Å². The van der Waals surface area contributed by atoms with Gasteiger partial charge in [0.25, 0.3) is 0 Å². The average Bonchev–Trinajstić information content (AvgIpc) is 3.31. The Bertz CT molecular complexity index is 3180. The molecular weight excluding hydrogens is 615 g/mol. The van der Waals surface area contributed by atoms with Crippen molar-refractivity contribution in [1.29, 1.82) is 0 Å². The fourth-order valence-electron chi connectivity index (χ4n) is 6.46. The first-order valence-corrected chi connectivity index (χ1v) is 16.6. The average molecular weight is 661 g/mol. The van der Waals surface area contributed by atoms with Crippen LogP contribution in [0.3, 0.4) is 0 Å². The van der Waals surface area contributed by atoms with E-state index in [-0.39, 0.29) is 45.5 Å². The summed E-state index contributed by atoms with van der Waals surface area (Å²) >= 11 is 0. The molecule has 0 bridgehead atoms. The Balaban J connectivity index is 1.33. The summed E-state index contributed by atoms with van der Waals surface area (Å²) in [4.78, 5) is 1.31. The maximum absolute atomic E-state index is 9.77. The van der Waals surface area contributed by atoms with Gasteiger partial charge < -0.3 is 4.90 Å². The van der Waals surface area contributed by atoms with Crippen LogP contribution in [0.15, 0.2) is 212 Å². The molecule has 0 saturated carbocycles. The molecule has 0 fully saturated rings. The quantitative estimate of drug-likeness (QED) is 0.164. The van der Waals surface area contributed by atoms with Crippen molar-refractivity contribution in [1.82, 2.24) is 0 Å². The van der Waals surface area contributed by atoms with E-state index < -0.39 is 54.4 Å². The van der Waals surface area contributed by atoms with Crippen molar-refractivity contribution in [3.8, 4) is 44.5 Å². The van der Waals surface area contributed by atoms with E-state index in [0.29, 0.717) is 5.56 Å². The Morgan fingerprint density at radius 1 is 0.333 bits per heavy atom. The molecular formula is C50H35N. The lowest BCUT2D eigenvalue weighted by Gasteiger charge is -2.27. The lowest BCUT2D eigenvalue weighted by molar-refractivity contribution is 1.30. The fraction of sp³-hybridized carbons (Fsp3) is 0. The molecule has 0 aliphatic heterocycles. The van der Waals surface area contributed by atoms with Crippen LogP contribution in [0.4, 0.5) is 17.1 Å². The minimum Gasteiger partial charge on any atom is -0.310 e. The smallest absolute Gasteiger partial charge is 0.0651 e. The summed E-state index contributed by atoms with van der Waals surface area (Å²) in [5.41, 5.74) is 5.93. The minimum atomic E-state index is -0.625. The second kappa shape index (κ2) is 13.3. The summed E-state index contributed by atoms with van der Waals surface area (Å²) in [6, 6.07) is 40.5. The second-order valence-electron chi connectivity index (χ2n) is 12.2. The Morgan fingerprint density at radius 3 is 1.61 bits per heavy atom. The zero-order valence-electron chi connectivity index (χ0n) is 38.3. The second-order valence-corrected chi connectivity index (χ2v) is 12.2. The number of rotatable bonds is 7. The summed E-state index contributed by atoms with van der Waals surface area (Å²) in [5.74, 6) is 0. The maximum atomic E-state index is 9.77. The Labute approximate surface area is 314 Å². The number of anilines is 3. The van der Waals surface area contributed by atoms with Crippen LogP contribution < -0.4 is 4.90 Å². The number of nitrogens with zero attached hydrogens (tertiary/aromatic N) is 1. The van der Waals surface area contributed by atoms with Crippen LogP contribution in [0.5, 0.6) is 0 Å². The predicted octanol–water partition coefficient (Wildman–Crippen LogP) is 14.1. The summed E-state index contributed by atoms with van der Waals surface area (Å²) in [6.45, 7) is 0. The molecule has 1 nitrogen and oxygen atoms in total. The number of hydrogen-bond donors (Lipinski definition) is 0. The third kappa shape index (κ3) is 6.07. The Hall–Kier alpha value is -6.70. The van der Waals surface area contributed by atoms with E-state index in [9.17, 15) is 4.11 Å². The van der Waals surface area contributed by atoms with E-state index in [0.717, 1.165) is 44.2 Å². The van der Waals surface area contributed by atoms with Gasteiger partial charge >= 0.3 is 0 Å². The van der Waals surface area contributed by atoms with E-state index in [1.54, 1.807) is 24.3 Å². The van der Waals surface area contributed by atoms with Crippen molar-refractivity contribution in [2.24, 2.45) is 0 Å². The van der Waals surface area contributed by atoms with E-state index in [2.05, 4.69) is 18.2 Å². The SMILES string of the molecule is [2H]c1c([2H])c(-c2ccc3ccccc3c2)c([2H])c(N(c2ccc(-c3cc(-c4ccccc4)cc(-c4ccccc4)c3)cc2)c2c([2H])c([2H])c([2H])c3c([2H])c([2H])c([2H])c([2H])c23)c1[2H]. The van der Waals surface area contributed by atoms with Crippen molar-refractivity contribution in [2.75, 3.05) is 4.90 Å². The molecule has 9 aromatic carbocycles. The third-order valence-electron chi connectivity index (χ3n) is 9.00. The predicted molar refractivity (Wildman–Crippen MR) is 218 cm³/mol. The molecule has 0 N–H and O–H groups in total.